The number of fused-ring (bicyclic) bond motifs is 2. The Bertz CT molecular complexity index is 1190. The summed E-state index contributed by atoms with van der Waals surface area (Å²) in [7, 11) is 0. The van der Waals surface area contributed by atoms with Gasteiger partial charge in [0.15, 0.2) is 0 Å². The molecule has 1 N–H and O–H groups in total. The molecular weight excluding hydrogens is 490 g/mol. The van der Waals surface area contributed by atoms with Crippen molar-refractivity contribution in [2.75, 3.05) is 23.3 Å². The minimum atomic E-state index is -4.55. The monoisotopic (exact) mass is 511 g/mol. The van der Waals surface area contributed by atoms with Crippen molar-refractivity contribution in [2.24, 2.45) is 11.8 Å². The lowest BCUT2D eigenvalue weighted by Gasteiger charge is -2.38. The molecule has 1 saturated heterocycles. The molecule has 0 radical (unpaired) electrons. The topological polar surface area (TPSA) is 81.0 Å². The SMILES string of the molecule is Cc1cc(N2C[C@H]3CC[C@@H](C2)[C@H]3Nc2nc(Oc3cc(F)cc(Cl)c3)n(CC(F)(F)F)n2)ncn1. The van der Waals surface area contributed by atoms with Gasteiger partial charge in [-0.25, -0.2) is 19.0 Å². The van der Waals surface area contributed by atoms with Crippen molar-refractivity contribution < 1.29 is 22.3 Å². The highest BCUT2D eigenvalue weighted by molar-refractivity contribution is 6.30. The molecule has 2 aliphatic rings. The molecule has 0 spiro atoms. The quantitative estimate of drug-likeness (QED) is 0.474. The molecule has 13 heteroatoms. The molecule has 5 rings (SSSR count). The highest BCUT2D eigenvalue weighted by Crippen LogP contribution is 2.40. The van der Waals surface area contributed by atoms with Crippen LogP contribution in [0, 0.1) is 24.6 Å². The van der Waals surface area contributed by atoms with Crippen molar-refractivity contribution in [2.45, 2.75) is 38.5 Å². The summed E-state index contributed by atoms with van der Waals surface area (Å²) in [6.07, 6.45) is -1.07. The Morgan fingerprint density at radius 3 is 2.51 bits per heavy atom. The average molecular weight is 512 g/mol. The summed E-state index contributed by atoms with van der Waals surface area (Å²) in [4.78, 5) is 14.9. The fourth-order valence-corrected chi connectivity index (χ4v) is 5.05. The molecule has 2 aromatic heterocycles. The fraction of sp³-hybridized carbons (Fsp3) is 0.455. The molecule has 1 saturated carbocycles. The largest absolute Gasteiger partial charge is 0.424 e. The number of nitrogens with one attached hydrogen (secondary N) is 1. The zero-order valence-corrected chi connectivity index (χ0v) is 19.4. The third-order valence-corrected chi connectivity index (χ3v) is 6.47. The first-order valence-electron chi connectivity index (χ1n) is 11.1. The molecule has 8 nitrogen and oxygen atoms in total. The Morgan fingerprint density at radius 1 is 1.11 bits per heavy atom. The Balaban J connectivity index is 1.35. The number of aryl methyl sites for hydroxylation is 1. The van der Waals surface area contributed by atoms with E-state index < -0.39 is 24.5 Å². The molecule has 3 atom stereocenters. The van der Waals surface area contributed by atoms with Crippen LogP contribution in [0.2, 0.25) is 5.02 Å². The summed E-state index contributed by atoms with van der Waals surface area (Å²) in [5.74, 6) is 0.612. The number of anilines is 2. The zero-order chi connectivity index (χ0) is 24.7. The van der Waals surface area contributed by atoms with E-state index in [1.54, 1.807) is 6.33 Å². The number of rotatable bonds is 6. The summed E-state index contributed by atoms with van der Waals surface area (Å²) in [6.45, 7) is 2.00. The summed E-state index contributed by atoms with van der Waals surface area (Å²) >= 11 is 5.83. The Hall–Kier alpha value is -3.15. The second kappa shape index (κ2) is 9.14. The van der Waals surface area contributed by atoms with Gasteiger partial charge in [-0.05, 0) is 43.7 Å². The van der Waals surface area contributed by atoms with Gasteiger partial charge in [-0.15, -0.1) is 5.10 Å². The summed E-state index contributed by atoms with van der Waals surface area (Å²) in [5, 5.41) is 7.28. The maximum absolute atomic E-state index is 13.7. The number of piperidine rings is 1. The van der Waals surface area contributed by atoms with Crippen LogP contribution in [-0.2, 0) is 6.54 Å². The van der Waals surface area contributed by atoms with Crippen molar-refractivity contribution >= 4 is 23.4 Å². The van der Waals surface area contributed by atoms with Crippen molar-refractivity contribution in [3.8, 4) is 11.8 Å². The van der Waals surface area contributed by atoms with Gasteiger partial charge < -0.3 is 15.0 Å². The number of benzene rings is 1. The van der Waals surface area contributed by atoms with Crippen LogP contribution in [0.25, 0.3) is 0 Å². The van der Waals surface area contributed by atoms with Crippen LogP contribution in [0.15, 0.2) is 30.6 Å². The highest BCUT2D eigenvalue weighted by Gasteiger charge is 2.43. The van der Waals surface area contributed by atoms with E-state index in [2.05, 4.69) is 30.3 Å². The van der Waals surface area contributed by atoms with Crippen LogP contribution in [0.1, 0.15) is 18.5 Å². The van der Waals surface area contributed by atoms with Gasteiger partial charge in [-0.1, -0.05) is 11.6 Å². The second-order valence-electron chi connectivity index (χ2n) is 8.89. The highest BCUT2D eigenvalue weighted by atomic mass is 35.5. The van der Waals surface area contributed by atoms with Gasteiger partial charge in [0.1, 0.15) is 30.3 Å². The number of nitrogens with zero attached hydrogens (tertiary/aromatic N) is 6. The summed E-state index contributed by atoms with van der Waals surface area (Å²) < 4.78 is 59.2. The maximum Gasteiger partial charge on any atom is 0.408 e. The van der Waals surface area contributed by atoms with E-state index >= 15 is 0 Å². The lowest BCUT2D eigenvalue weighted by Crippen LogP contribution is -2.48. The van der Waals surface area contributed by atoms with E-state index in [1.807, 2.05) is 13.0 Å². The van der Waals surface area contributed by atoms with E-state index in [-0.39, 0.29) is 34.6 Å². The minimum Gasteiger partial charge on any atom is -0.424 e. The Labute approximate surface area is 203 Å². The van der Waals surface area contributed by atoms with E-state index in [4.69, 9.17) is 16.3 Å². The van der Waals surface area contributed by atoms with E-state index in [0.717, 1.165) is 49.6 Å². The molecule has 0 unspecified atom stereocenters. The molecule has 1 aliphatic heterocycles. The lowest BCUT2D eigenvalue weighted by atomic mass is 9.92. The van der Waals surface area contributed by atoms with Gasteiger partial charge in [0.25, 0.3) is 0 Å². The normalized spacial score (nSPS) is 21.9. The molecule has 0 amide bonds. The van der Waals surface area contributed by atoms with Gasteiger partial charge in [0, 0.05) is 42.0 Å². The van der Waals surface area contributed by atoms with Crippen molar-refractivity contribution in [3.05, 3.63) is 47.1 Å². The molecule has 2 fully saturated rings. The van der Waals surface area contributed by atoms with Crippen LogP contribution in [0.4, 0.5) is 29.3 Å². The number of halogens is 5. The predicted molar refractivity (Wildman–Crippen MR) is 120 cm³/mol. The van der Waals surface area contributed by atoms with Gasteiger partial charge in [0.2, 0.25) is 5.95 Å². The Morgan fingerprint density at radius 2 is 1.86 bits per heavy atom. The Kier molecular flexibility index (Phi) is 6.16. The predicted octanol–water partition coefficient (Wildman–Crippen LogP) is 4.85. The molecule has 3 heterocycles. The van der Waals surface area contributed by atoms with Crippen LogP contribution in [-0.4, -0.2) is 50.0 Å². The van der Waals surface area contributed by atoms with Crippen LogP contribution in [0.5, 0.6) is 11.8 Å². The zero-order valence-electron chi connectivity index (χ0n) is 18.6. The number of hydrogen-bond acceptors (Lipinski definition) is 7. The van der Waals surface area contributed by atoms with Crippen molar-refractivity contribution in [3.63, 3.8) is 0 Å². The molecular formula is C22H22ClF4N7O. The number of ether oxygens (including phenoxy) is 1. The van der Waals surface area contributed by atoms with E-state index in [1.165, 1.54) is 6.07 Å². The first-order valence-corrected chi connectivity index (χ1v) is 11.5. The van der Waals surface area contributed by atoms with Crippen molar-refractivity contribution in [1.29, 1.82) is 0 Å². The summed E-state index contributed by atoms with van der Waals surface area (Å²) in [5.41, 5.74) is 0.883. The molecule has 3 aromatic rings. The van der Waals surface area contributed by atoms with Gasteiger partial charge in [0.05, 0.1) is 0 Å². The fourth-order valence-electron chi connectivity index (χ4n) is 4.84. The molecule has 35 heavy (non-hydrogen) atoms. The van der Waals surface area contributed by atoms with E-state index in [0.29, 0.717) is 4.68 Å². The first kappa shape index (κ1) is 23.6. The van der Waals surface area contributed by atoms with Crippen LogP contribution in [0.3, 0.4) is 0 Å². The molecule has 2 bridgehead atoms. The molecule has 1 aromatic carbocycles. The number of aromatic nitrogens is 5. The number of alkyl halides is 3. The lowest BCUT2D eigenvalue weighted by molar-refractivity contribution is -0.143. The second-order valence-corrected chi connectivity index (χ2v) is 9.32. The summed E-state index contributed by atoms with van der Waals surface area (Å²) in [6, 6.07) is 4.88. The van der Waals surface area contributed by atoms with Crippen LogP contribution >= 0.6 is 11.6 Å². The van der Waals surface area contributed by atoms with Gasteiger partial charge >= 0.3 is 12.2 Å². The van der Waals surface area contributed by atoms with E-state index in [9.17, 15) is 17.6 Å². The number of hydrogen-bond donors (Lipinski definition) is 1. The van der Waals surface area contributed by atoms with Crippen LogP contribution < -0.4 is 15.0 Å². The van der Waals surface area contributed by atoms with Gasteiger partial charge in [-0.3, -0.25) is 0 Å². The molecule has 1 aliphatic carbocycles. The van der Waals surface area contributed by atoms with Crippen molar-refractivity contribution in [1.82, 2.24) is 24.7 Å². The smallest absolute Gasteiger partial charge is 0.408 e. The van der Waals surface area contributed by atoms with Gasteiger partial charge in [-0.2, -0.15) is 18.2 Å². The average Bonchev–Trinajstić information content (AvgIpc) is 3.20. The third-order valence-electron chi connectivity index (χ3n) is 6.25. The third kappa shape index (κ3) is 5.42. The minimum absolute atomic E-state index is 0.00705. The maximum atomic E-state index is 13.7. The first-order chi connectivity index (χ1) is 16.6. The standard InChI is InChI=1S/C22H22ClF4N7O/c1-12-4-18(29-11-28-12)33-8-13-2-3-14(9-33)19(13)30-20-31-21(34(32-20)10-22(25,26)27)35-17-6-15(23)5-16(24)7-17/h4-7,11,13-14,19H,2-3,8-10H2,1H3,(H,30,32)/t13-,14+,19+. The molecule has 186 valence electrons.